The lowest BCUT2D eigenvalue weighted by molar-refractivity contribution is 0.152. The molecule has 114 valence electrons. The quantitative estimate of drug-likeness (QED) is 0.805. The van der Waals surface area contributed by atoms with Gasteiger partial charge in [-0.3, -0.25) is 0 Å². The highest BCUT2D eigenvalue weighted by Gasteiger charge is 2.20. The predicted octanol–water partition coefficient (Wildman–Crippen LogP) is 2.77. The second-order valence-electron chi connectivity index (χ2n) is 6.67. The molecule has 3 nitrogen and oxygen atoms in total. The molecule has 1 aromatic carbocycles. The lowest BCUT2D eigenvalue weighted by Crippen LogP contribution is -2.47. The molecule has 1 aromatic rings. The van der Waals surface area contributed by atoms with Crippen LogP contribution >= 0.6 is 0 Å². The average molecular weight is 278 g/mol. The largest absolute Gasteiger partial charge is 0.387 e. The van der Waals surface area contributed by atoms with Crippen molar-refractivity contribution in [1.29, 1.82) is 0 Å². The minimum atomic E-state index is -0.450. The van der Waals surface area contributed by atoms with Gasteiger partial charge in [-0.2, -0.15) is 0 Å². The Hall–Kier alpha value is -0.900. The molecule has 3 heteroatoms. The van der Waals surface area contributed by atoms with Crippen molar-refractivity contribution < 1.29 is 5.11 Å². The third-order valence-corrected chi connectivity index (χ3v) is 4.09. The van der Waals surface area contributed by atoms with Gasteiger partial charge in [0.25, 0.3) is 0 Å². The smallest absolute Gasteiger partial charge is 0.0914 e. The monoisotopic (exact) mass is 278 g/mol. The van der Waals surface area contributed by atoms with Crippen LogP contribution in [0, 0.1) is 0 Å². The highest BCUT2D eigenvalue weighted by atomic mass is 16.3. The van der Waals surface area contributed by atoms with E-state index in [4.69, 9.17) is 0 Å². The SMILES string of the molecule is CC(C)c1ccc(C(O)CNCC(C)(C)N(C)C)cc1. The maximum atomic E-state index is 10.2. The van der Waals surface area contributed by atoms with Gasteiger partial charge in [0.05, 0.1) is 6.10 Å². The minimum absolute atomic E-state index is 0.0845. The molecule has 0 spiro atoms. The summed E-state index contributed by atoms with van der Waals surface area (Å²) in [6.45, 7) is 10.2. The zero-order valence-electron chi connectivity index (χ0n) is 13.8. The van der Waals surface area contributed by atoms with Crippen molar-refractivity contribution in [3.05, 3.63) is 35.4 Å². The summed E-state index contributed by atoms with van der Waals surface area (Å²) < 4.78 is 0. The van der Waals surface area contributed by atoms with Gasteiger partial charge in [0, 0.05) is 18.6 Å². The van der Waals surface area contributed by atoms with Gasteiger partial charge in [0.15, 0.2) is 0 Å². The third-order valence-electron chi connectivity index (χ3n) is 4.09. The van der Waals surface area contributed by atoms with E-state index in [-0.39, 0.29) is 5.54 Å². The van der Waals surface area contributed by atoms with Gasteiger partial charge < -0.3 is 15.3 Å². The van der Waals surface area contributed by atoms with Crippen LogP contribution in [-0.4, -0.2) is 42.7 Å². The van der Waals surface area contributed by atoms with Gasteiger partial charge in [0.2, 0.25) is 0 Å². The molecule has 0 fully saturated rings. The summed E-state index contributed by atoms with van der Waals surface area (Å²) in [5.41, 5.74) is 2.37. The number of hydrogen-bond donors (Lipinski definition) is 2. The first-order chi connectivity index (χ1) is 9.24. The molecule has 20 heavy (non-hydrogen) atoms. The van der Waals surface area contributed by atoms with Crippen molar-refractivity contribution >= 4 is 0 Å². The average Bonchev–Trinajstić information content (AvgIpc) is 2.38. The highest BCUT2D eigenvalue weighted by Crippen LogP contribution is 2.18. The molecule has 0 aromatic heterocycles. The number of nitrogens with one attached hydrogen (secondary N) is 1. The van der Waals surface area contributed by atoms with Crippen LogP contribution in [0.1, 0.15) is 50.8 Å². The van der Waals surface area contributed by atoms with Crippen LogP contribution in [0.5, 0.6) is 0 Å². The Morgan fingerprint density at radius 2 is 1.60 bits per heavy atom. The molecule has 0 bridgehead atoms. The van der Waals surface area contributed by atoms with E-state index in [0.717, 1.165) is 12.1 Å². The fourth-order valence-corrected chi connectivity index (χ4v) is 1.89. The van der Waals surface area contributed by atoms with E-state index in [1.165, 1.54) is 5.56 Å². The topological polar surface area (TPSA) is 35.5 Å². The van der Waals surface area contributed by atoms with Crippen molar-refractivity contribution in [2.75, 3.05) is 27.2 Å². The highest BCUT2D eigenvalue weighted by molar-refractivity contribution is 5.26. The molecule has 1 unspecified atom stereocenters. The molecule has 0 saturated carbocycles. The Morgan fingerprint density at radius 3 is 2.05 bits per heavy atom. The van der Waals surface area contributed by atoms with E-state index in [9.17, 15) is 5.11 Å². The molecule has 1 atom stereocenters. The first kappa shape index (κ1) is 17.2. The number of hydrogen-bond acceptors (Lipinski definition) is 3. The Morgan fingerprint density at radius 1 is 1.10 bits per heavy atom. The van der Waals surface area contributed by atoms with Gasteiger partial charge in [0.1, 0.15) is 0 Å². The van der Waals surface area contributed by atoms with E-state index >= 15 is 0 Å². The van der Waals surface area contributed by atoms with Gasteiger partial charge in [-0.05, 0) is 45.0 Å². The van der Waals surface area contributed by atoms with Crippen LogP contribution < -0.4 is 5.32 Å². The Labute approximate surface area is 124 Å². The van der Waals surface area contributed by atoms with Crippen LogP contribution in [0.2, 0.25) is 0 Å². The summed E-state index contributed by atoms with van der Waals surface area (Å²) in [4.78, 5) is 2.18. The number of nitrogens with zero attached hydrogens (tertiary/aromatic N) is 1. The summed E-state index contributed by atoms with van der Waals surface area (Å²) in [5, 5.41) is 13.6. The maximum Gasteiger partial charge on any atom is 0.0914 e. The molecule has 0 radical (unpaired) electrons. The van der Waals surface area contributed by atoms with Crippen molar-refractivity contribution in [2.24, 2.45) is 0 Å². The molecule has 0 aliphatic heterocycles. The maximum absolute atomic E-state index is 10.2. The zero-order valence-corrected chi connectivity index (χ0v) is 13.8. The van der Waals surface area contributed by atoms with Crippen LogP contribution in [-0.2, 0) is 0 Å². The number of benzene rings is 1. The molecule has 1 rings (SSSR count). The van der Waals surface area contributed by atoms with E-state index in [2.05, 4.69) is 64.1 Å². The Balaban J connectivity index is 2.49. The second-order valence-corrected chi connectivity index (χ2v) is 6.67. The predicted molar refractivity (Wildman–Crippen MR) is 86.1 cm³/mol. The van der Waals surface area contributed by atoms with Crippen molar-refractivity contribution in [1.82, 2.24) is 10.2 Å². The summed E-state index contributed by atoms with van der Waals surface area (Å²) in [6, 6.07) is 8.26. The van der Waals surface area contributed by atoms with Crippen molar-refractivity contribution in [3.8, 4) is 0 Å². The van der Waals surface area contributed by atoms with E-state index in [0.29, 0.717) is 12.5 Å². The summed E-state index contributed by atoms with van der Waals surface area (Å²) in [7, 11) is 4.14. The molecule has 0 heterocycles. The fraction of sp³-hybridized carbons (Fsp3) is 0.647. The summed E-state index contributed by atoms with van der Waals surface area (Å²) in [5.74, 6) is 0.528. The molecule has 2 N–H and O–H groups in total. The van der Waals surface area contributed by atoms with Crippen LogP contribution in [0.4, 0.5) is 0 Å². The normalized spacial score (nSPS) is 14.1. The molecule has 0 amide bonds. The number of likely N-dealkylation sites (N-methyl/N-ethyl adjacent to an activating group) is 1. The second kappa shape index (κ2) is 7.21. The van der Waals surface area contributed by atoms with E-state index in [1.54, 1.807) is 0 Å². The molecule has 0 saturated heterocycles. The summed E-state index contributed by atoms with van der Waals surface area (Å²) in [6.07, 6.45) is -0.450. The van der Waals surface area contributed by atoms with Gasteiger partial charge in [-0.15, -0.1) is 0 Å². The minimum Gasteiger partial charge on any atom is -0.387 e. The van der Waals surface area contributed by atoms with Gasteiger partial charge >= 0.3 is 0 Å². The van der Waals surface area contributed by atoms with Crippen LogP contribution in [0.25, 0.3) is 0 Å². The van der Waals surface area contributed by atoms with E-state index in [1.807, 2.05) is 12.1 Å². The molecular formula is C17H30N2O. The van der Waals surface area contributed by atoms with Crippen molar-refractivity contribution in [3.63, 3.8) is 0 Å². The Kier molecular flexibility index (Phi) is 6.18. The fourth-order valence-electron chi connectivity index (χ4n) is 1.89. The van der Waals surface area contributed by atoms with E-state index < -0.39 is 6.10 Å². The lowest BCUT2D eigenvalue weighted by Gasteiger charge is -2.33. The number of rotatable bonds is 7. The summed E-state index contributed by atoms with van der Waals surface area (Å²) >= 11 is 0. The molecule has 0 aliphatic carbocycles. The number of aliphatic hydroxyl groups is 1. The first-order valence-electron chi connectivity index (χ1n) is 7.40. The zero-order chi connectivity index (χ0) is 15.3. The van der Waals surface area contributed by atoms with Crippen LogP contribution in [0.3, 0.4) is 0 Å². The van der Waals surface area contributed by atoms with Crippen molar-refractivity contribution in [2.45, 2.75) is 45.3 Å². The standard InChI is InChI=1S/C17H30N2O/c1-13(2)14-7-9-15(10-8-14)16(20)11-18-12-17(3,4)19(5)6/h7-10,13,16,18,20H,11-12H2,1-6H3. The van der Waals surface area contributed by atoms with Crippen LogP contribution in [0.15, 0.2) is 24.3 Å². The molecule has 0 aliphatic rings. The number of aliphatic hydroxyl groups excluding tert-OH is 1. The van der Waals surface area contributed by atoms with Gasteiger partial charge in [-0.1, -0.05) is 38.1 Å². The molecular weight excluding hydrogens is 248 g/mol. The Bertz CT molecular complexity index is 396. The lowest BCUT2D eigenvalue weighted by atomic mass is 9.99. The third kappa shape index (κ3) is 4.89. The van der Waals surface area contributed by atoms with Gasteiger partial charge in [-0.25, -0.2) is 0 Å². The first-order valence-corrected chi connectivity index (χ1v) is 7.40.